The summed E-state index contributed by atoms with van der Waals surface area (Å²) in [5.74, 6) is 4.76. The van der Waals surface area contributed by atoms with Crippen molar-refractivity contribution in [3.63, 3.8) is 0 Å². The predicted molar refractivity (Wildman–Crippen MR) is 164 cm³/mol. The average molecular weight is 670 g/mol. The second-order valence-electron chi connectivity index (χ2n) is 9.76. The van der Waals surface area contributed by atoms with Crippen molar-refractivity contribution in [2.45, 2.75) is 13.1 Å². The van der Waals surface area contributed by atoms with E-state index in [1.807, 2.05) is 36.5 Å². The van der Waals surface area contributed by atoms with Crippen molar-refractivity contribution in [1.82, 2.24) is 0 Å². The van der Waals surface area contributed by atoms with E-state index in [9.17, 15) is 0 Å². The lowest BCUT2D eigenvalue weighted by Gasteiger charge is -2.27. The van der Waals surface area contributed by atoms with Gasteiger partial charge in [-0.25, -0.2) is 0 Å². The summed E-state index contributed by atoms with van der Waals surface area (Å²) >= 11 is 0. The third-order valence-electron chi connectivity index (χ3n) is 7.53. The molecule has 0 aliphatic carbocycles. The third kappa shape index (κ3) is 5.71. The molecule has 10 nitrogen and oxygen atoms in total. The topological polar surface area (TPSA) is 81.0 Å². The molecular formula is C33H37BrN2O8. The fourth-order valence-corrected chi connectivity index (χ4v) is 5.59. The highest BCUT2D eigenvalue weighted by molar-refractivity contribution is 6.03. The Bertz CT molecular complexity index is 1640. The molecule has 1 aliphatic heterocycles. The molecule has 0 amide bonds. The maximum atomic E-state index is 5.97. The van der Waals surface area contributed by atoms with Crippen LogP contribution in [0.1, 0.15) is 16.7 Å². The Balaban J connectivity index is 0.00000442. The van der Waals surface area contributed by atoms with Gasteiger partial charge in [0.25, 0.3) is 5.52 Å². The molecular weight excluding hydrogens is 632 g/mol. The van der Waals surface area contributed by atoms with Crippen LogP contribution in [0.15, 0.2) is 48.8 Å². The van der Waals surface area contributed by atoms with E-state index >= 15 is 0 Å². The van der Waals surface area contributed by atoms with Crippen LogP contribution in [0.2, 0.25) is 0 Å². The average Bonchev–Trinajstić information content (AvgIpc) is 3.05. The molecule has 2 heterocycles. The molecule has 0 radical (unpaired) electrons. The molecule has 5 rings (SSSR count). The van der Waals surface area contributed by atoms with Crippen LogP contribution in [0.3, 0.4) is 0 Å². The third-order valence-corrected chi connectivity index (χ3v) is 7.53. The minimum Gasteiger partial charge on any atom is -1.00 e. The van der Waals surface area contributed by atoms with Crippen LogP contribution in [0.4, 0.5) is 5.69 Å². The molecule has 0 saturated carbocycles. The lowest BCUT2D eigenvalue weighted by Crippen LogP contribution is -3.00. The van der Waals surface area contributed by atoms with E-state index in [-0.39, 0.29) is 17.0 Å². The highest BCUT2D eigenvalue weighted by atomic mass is 79.9. The van der Waals surface area contributed by atoms with Gasteiger partial charge in [0.1, 0.15) is 0 Å². The van der Waals surface area contributed by atoms with Crippen LogP contribution < -0.4 is 64.3 Å². The monoisotopic (exact) mass is 668 g/mol. The number of hydrogen-bond acceptors (Lipinski definition) is 9. The van der Waals surface area contributed by atoms with Gasteiger partial charge >= 0.3 is 0 Å². The first-order chi connectivity index (χ1) is 20.9. The summed E-state index contributed by atoms with van der Waals surface area (Å²) < 4.78 is 47.3. The Morgan fingerprint density at radius 1 is 0.591 bits per heavy atom. The molecule has 0 N–H and O–H groups in total. The number of anilines is 1. The molecule has 234 valence electrons. The van der Waals surface area contributed by atoms with Crippen LogP contribution in [-0.2, 0) is 13.1 Å². The SMILES string of the molecule is COc1cc(CN2C=Cc3cc(OC)c(OC)c4c3c2cc[n+]4Cc2cc(OC)c(OC)c(OC)c2)cc(OC)c1OC.[Br-]. The van der Waals surface area contributed by atoms with E-state index in [1.165, 1.54) is 0 Å². The summed E-state index contributed by atoms with van der Waals surface area (Å²) in [5, 5.41) is 1.03. The Hall–Kier alpha value is -4.51. The molecule has 0 unspecified atom stereocenters. The Kier molecular flexibility index (Phi) is 10.2. The molecule has 3 aromatic carbocycles. The van der Waals surface area contributed by atoms with Crippen molar-refractivity contribution in [2.75, 3.05) is 61.8 Å². The lowest BCUT2D eigenvalue weighted by molar-refractivity contribution is -0.662. The number of benzene rings is 3. The molecule has 0 atom stereocenters. The molecule has 0 saturated heterocycles. The van der Waals surface area contributed by atoms with E-state index in [4.69, 9.17) is 37.9 Å². The first-order valence-electron chi connectivity index (χ1n) is 13.6. The lowest BCUT2D eigenvalue weighted by atomic mass is 10.00. The van der Waals surface area contributed by atoms with Gasteiger partial charge in [0.05, 0.1) is 68.0 Å². The van der Waals surface area contributed by atoms with Gasteiger partial charge in [0.2, 0.25) is 17.2 Å². The van der Waals surface area contributed by atoms with Crippen molar-refractivity contribution >= 4 is 22.7 Å². The summed E-state index contributed by atoms with van der Waals surface area (Å²) in [6, 6.07) is 11.9. The van der Waals surface area contributed by atoms with Crippen LogP contribution >= 0.6 is 0 Å². The van der Waals surface area contributed by atoms with Crippen molar-refractivity contribution in [3.05, 3.63) is 65.5 Å². The second-order valence-corrected chi connectivity index (χ2v) is 9.76. The zero-order chi connectivity index (χ0) is 30.7. The summed E-state index contributed by atoms with van der Waals surface area (Å²) in [6.07, 6.45) is 6.20. The van der Waals surface area contributed by atoms with Crippen molar-refractivity contribution in [1.29, 1.82) is 0 Å². The van der Waals surface area contributed by atoms with Gasteiger partial charge in [-0.05, 0) is 47.5 Å². The molecule has 0 bridgehead atoms. The van der Waals surface area contributed by atoms with Gasteiger partial charge in [0, 0.05) is 24.4 Å². The van der Waals surface area contributed by atoms with Crippen molar-refractivity contribution in [2.24, 2.45) is 0 Å². The van der Waals surface area contributed by atoms with E-state index in [1.54, 1.807) is 56.9 Å². The number of pyridine rings is 1. The molecule has 44 heavy (non-hydrogen) atoms. The fraction of sp³-hybridized carbons (Fsp3) is 0.303. The van der Waals surface area contributed by atoms with Gasteiger partial charge in [-0.2, -0.15) is 4.57 Å². The largest absolute Gasteiger partial charge is 1.00 e. The van der Waals surface area contributed by atoms with Crippen LogP contribution in [0.25, 0.3) is 17.0 Å². The standard InChI is InChI=1S/C33H37N2O8.BrH/c1-36-24-13-20(14-25(37-2)31(24)41-6)18-34-11-9-22-17-28(40-5)33(43-8)30-29(22)23(34)10-12-35(30)19-21-15-26(38-3)32(42-7)27(16-21)39-4;/h9-17H,18-19H2,1-8H3;1H/q+1;/p-1. The Morgan fingerprint density at radius 2 is 1.07 bits per heavy atom. The molecule has 0 fully saturated rings. The molecule has 1 aromatic heterocycles. The number of aromatic nitrogens is 1. The van der Waals surface area contributed by atoms with Crippen molar-refractivity contribution in [3.8, 4) is 46.0 Å². The maximum absolute atomic E-state index is 5.97. The highest BCUT2D eigenvalue weighted by Crippen LogP contribution is 2.44. The zero-order valence-electron chi connectivity index (χ0n) is 26.1. The van der Waals surface area contributed by atoms with E-state index in [0.29, 0.717) is 59.1 Å². The molecule has 1 aliphatic rings. The first-order valence-corrected chi connectivity index (χ1v) is 13.6. The van der Waals surface area contributed by atoms with E-state index in [2.05, 4.69) is 27.8 Å². The number of halogens is 1. The van der Waals surface area contributed by atoms with Gasteiger partial charge in [0.15, 0.2) is 41.5 Å². The molecule has 11 heteroatoms. The van der Waals surface area contributed by atoms with Crippen LogP contribution in [0.5, 0.6) is 46.0 Å². The van der Waals surface area contributed by atoms with Gasteiger partial charge in [-0.1, -0.05) is 0 Å². The zero-order valence-corrected chi connectivity index (χ0v) is 27.7. The smallest absolute Gasteiger partial charge is 0.261 e. The Labute approximate surface area is 268 Å². The van der Waals surface area contributed by atoms with Crippen molar-refractivity contribution < 1.29 is 59.4 Å². The van der Waals surface area contributed by atoms with Crippen LogP contribution in [0, 0.1) is 0 Å². The molecule has 4 aromatic rings. The number of methoxy groups -OCH3 is 8. The van der Waals surface area contributed by atoms with E-state index < -0.39 is 0 Å². The Morgan fingerprint density at radius 3 is 1.55 bits per heavy atom. The predicted octanol–water partition coefficient (Wildman–Crippen LogP) is 2.24. The van der Waals surface area contributed by atoms with Gasteiger partial charge in [-0.15, -0.1) is 0 Å². The summed E-state index contributed by atoms with van der Waals surface area (Å²) in [5.41, 5.74) is 4.88. The highest BCUT2D eigenvalue weighted by Gasteiger charge is 2.29. The number of nitrogens with zero attached hydrogens (tertiary/aromatic N) is 2. The number of hydrogen-bond donors (Lipinski definition) is 0. The van der Waals surface area contributed by atoms with Gasteiger partial charge < -0.3 is 59.8 Å². The number of ether oxygens (including phenoxy) is 8. The maximum Gasteiger partial charge on any atom is 0.261 e. The van der Waals surface area contributed by atoms with Crippen LogP contribution in [-0.4, -0.2) is 56.9 Å². The summed E-state index contributed by atoms with van der Waals surface area (Å²) in [6.45, 7) is 1.07. The minimum atomic E-state index is 0. The quantitative estimate of drug-likeness (QED) is 0.211. The van der Waals surface area contributed by atoms with E-state index in [0.717, 1.165) is 33.3 Å². The first kappa shape index (κ1) is 32.4. The second kappa shape index (κ2) is 13.9. The summed E-state index contributed by atoms with van der Waals surface area (Å²) in [7, 11) is 12.9. The normalized spacial score (nSPS) is 11.5. The fourth-order valence-electron chi connectivity index (χ4n) is 5.59. The minimum absolute atomic E-state index is 0. The summed E-state index contributed by atoms with van der Waals surface area (Å²) in [4.78, 5) is 2.19. The van der Waals surface area contributed by atoms with Gasteiger partial charge in [-0.3, -0.25) is 0 Å². The molecule has 0 spiro atoms. The number of rotatable bonds is 12.